The second-order valence-corrected chi connectivity index (χ2v) is 9.67. The first-order valence-electron chi connectivity index (χ1n) is 11.5. The quantitative estimate of drug-likeness (QED) is 0.296. The standard InChI is InChI=1S/C25H28F3N2O2S/c26-25(27,28)32-20-12-10-18(11-13-20)6-3-1-2-4-7-19-14-16-30(17-15-19)21-8-5-9-22-23(21)29-24(31)33-22/h5,8-13,19H,1-4,6-7,14-17H2. The Kier molecular flexibility index (Phi) is 7.63. The topological polar surface area (TPSA) is 45.3 Å². The molecule has 33 heavy (non-hydrogen) atoms. The molecule has 1 aliphatic rings. The summed E-state index contributed by atoms with van der Waals surface area (Å²) in [5.41, 5.74) is 2.96. The van der Waals surface area contributed by atoms with Crippen molar-refractivity contribution in [2.45, 2.75) is 57.7 Å². The molecule has 4 nitrogen and oxygen atoms in total. The minimum atomic E-state index is -4.64. The molecule has 4 rings (SSSR count). The van der Waals surface area contributed by atoms with E-state index >= 15 is 0 Å². The summed E-state index contributed by atoms with van der Waals surface area (Å²) in [6.07, 6.45) is 4.36. The summed E-state index contributed by atoms with van der Waals surface area (Å²) in [6, 6.07) is 12.2. The molecule has 0 atom stereocenters. The number of hydrogen-bond donors (Lipinski definition) is 0. The van der Waals surface area contributed by atoms with Crippen LogP contribution in [0.15, 0.2) is 42.5 Å². The normalized spacial score (nSPS) is 15.3. The monoisotopic (exact) mass is 477 g/mol. The maximum atomic E-state index is 12.2. The molecule has 0 spiro atoms. The molecule has 0 aliphatic carbocycles. The first kappa shape index (κ1) is 23.7. The van der Waals surface area contributed by atoms with E-state index in [0.717, 1.165) is 72.6 Å². The average molecular weight is 478 g/mol. The molecule has 1 saturated heterocycles. The number of halogens is 3. The third-order valence-corrected chi connectivity index (χ3v) is 7.13. The molecule has 1 aliphatic heterocycles. The van der Waals surface area contributed by atoms with Gasteiger partial charge in [-0.05, 0) is 61.4 Å². The highest BCUT2D eigenvalue weighted by atomic mass is 32.1. The lowest BCUT2D eigenvalue weighted by molar-refractivity contribution is -0.274. The number of aryl methyl sites for hydroxylation is 1. The van der Waals surface area contributed by atoms with Crippen LogP contribution in [0.5, 0.6) is 10.9 Å². The molecule has 2 heterocycles. The number of alkyl halides is 3. The third-order valence-electron chi connectivity index (χ3n) is 6.32. The summed E-state index contributed by atoms with van der Waals surface area (Å²) >= 11 is 1.21. The molecule has 0 saturated carbocycles. The Morgan fingerprint density at radius 3 is 2.45 bits per heavy atom. The second-order valence-electron chi connectivity index (χ2n) is 8.68. The zero-order chi connectivity index (χ0) is 23.3. The Balaban J connectivity index is 1.11. The van der Waals surface area contributed by atoms with Gasteiger partial charge in [-0.15, -0.1) is 13.2 Å². The van der Waals surface area contributed by atoms with Gasteiger partial charge >= 0.3 is 11.6 Å². The van der Waals surface area contributed by atoms with E-state index in [1.807, 2.05) is 12.1 Å². The molecule has 1 aromatic heterocycles. The molecular weight excluding hydrogens is 449 g/mol. The van der Waals surface area contributed by atoms with Gasteiger partial charge in [0.25, 0.3) is 0 Å². The second kappa shape index (κ2) is 10.6. The van der Waals surface area contributed by atoms with E-state index in [2.05, 4.69) is 20.7 Å². The van der Waals surface area contributed by atoms with Crippen LogP contribution in [0.2, 0.25) is 0 Å². The average Bonchev–Trinajstić information content (AvgIpc) is 3.17. The summed E-state index contributed by atoms with van der Waals surface area (Å²) in [7, 11) is 0. The third kappa shape index (κ3) is 6.76. The zero-order valence-corrected chi connectivity index (χ0v) is 19.3. The number of thiazole rings is 1. The van der Waals surface area contributed by atoms with Crippen LogP contribution in [0, 0.1) is 5.92 Å². The van der Waals surface area contributed by atoms with Gasteiger partial charge < -0.3 is 9.64 Å². The van der Waals surface area contributed by atoms with Gasteiger partial charge in [0.05, 0.1) is 10.4 Å². The predicted octanol–water partition coefficient (Wildman–Crippen LogP) is 7.75. The fourth-order valence-corrected chi connectivity index (χ4v) is 5.32. The maximum absolute atomic E-state index is 12.2. The SMILES string of the molecule is [O]c1nc2c(N3CCC(CCCCCCc4ccc(OC(F)(F)F)cc4)CC3)cccc2s1. The number of para-hydroxylation sites is 1. The van der Waals surface area contributed by atoms with E-state index < -0.39 is 6.36 Å². The number of hydrogen-bond acceptors (Lipinski definition) is 4. The van der Waals surface area contributed by atoms with Gasteiger partial charge in [-0.3, -0.25) is 5.11 Å². The molecule has 3 aromatic rings. The van der Waals surface area contributed by atoms with Crippen LogP contribution in [0.4, 0.5) is 18.9 Å². The Bertz CT molecular complexity index is 1030. The van der Waals surface area contributed by atoms with Crippen molar-refractivity contribution in [2.24, 2.45) is 5.92 Å². The van der Waals surface area contributed by atoms with Crippen molar-refractivity contribution in [2.75, 3.05) is 18.0 Å². The van der Waals surface area contributed by atoms with Crippen LogP contribution in [0.3, 0.4) is 0 Å². The van der Waals surface area contributed by atoms with Gasteiger partial charge in [-0.25, -0.2) is 0 Å². The molecule has 177 valence electrons. The van der Waals surface area contributed by atoms with Gasteiger partial charge in [0.1, 0.15) is 11.3 Å². The first-order chi connectivity index (χ1) is 15.9. The number of ether oxygens (including phenoxy) is 1. The summed E-state index contributed by atoms with van der Waals surface area (Å²) in [4.78, 5) is 6.56. The van der Waals surface area contributed by atoms with E-state index in [1.54, 1.807) is 12.1 Å². The van der Waals surface area contributed by atoms with Crippen molar-refractivity contribution in [3.8, 4) is 10.9 Å². The van der Waals surface area contributed by atoms with Crippen LogP contribution in [-0.2, 0) is 11.5 Å². The predicted molar refractivity (Wildman–Crippen MR) is 125 cm³/mol. The van der Waals surface area contributed by atoms with Crippen LogP contribution >= 0.6 is 11.3 Å². The fourth-order valence-electron chi connectivity index (χ4n) is 4.60. The summed E-state index contributed by atoms with van der Waals surface area (Å²) in [6.45, 7) is 2.01. The molecular formula is C25H28F3N2O2S. The highest BCUT2D eigenvalue weighted by Gasteiger charge is 2.31. The number of aromatic nitrogens is 1. The fraction of sp³-hybridized carbons (Fsp3) is 0.480. The molecule has 2 aromatic carbocycles. The minimum Gasteiger partial charge on any atom is -0.406 e. The van der Waals surface area contributed by atoms with Crippen LogP contribution in [0.25, 0.3) is 10.2 Å². The van der Waals surface area contributed by atoms with Gasteiger partial charge in [0, 0.05) is 13.1 Å². The summed E-state index contributed by atoms with van der Waals surface area (Å²) in [5, 5.41) is 11.5. The number of piperidine rings is 1. The molecule has 1 radical (unpaired) electrons. The van der Waals surface area contributed by atoms with Crippen molar-refractivity contribution in [1.29, 1.82) is 0 Å². The highest BCUT2D eigenvalue weighted by Crippen LogP contribution is 2.36. The number of nitrogens with zero attached hydrogens (tertiary/aromatic N) is 2. The number of unbranched alkanes of at least 4 members (excludes halogenated alkanes) is 3. The van der Waals surface area contributed by atoms with Gasteiger partial charge in [0.15, 0.2) is 0 Å². The minimum absolute atomic E-state index is 0.125. The van der Waals surface area contributed by atoms with Gasteiger partial charge in [-0.1, -0.05) is 55.2 Å². The number of anilines is 1. The van der Waals surface area contributed by atoms with Crippen molar-refractivity contribution in [3.05, 3.63) is 48.0 Å². The Labute approximate surface area is 196 Å². The Hall–Kier alpha value is -2.48. The van der Waals surface area contributed by atoms with Crippen LogP contribution in [-0.4, -0.2) is 24.4 Å². The molecule has 8 heteroatoms. The zero-order valence-electron chi connectivity index (χ0n) is 18.4. The maximum Gasteiger partial charge on any atom is 0.573 e. The smallest absolute Gasteiger partial charge is 0.406 e. The molecule has 0 unspecified atom stereocenters. The lowest BCUT2D eigenvalue weighted by Crippen LogP contribution is -2.33. The van der Waals surface area contributed by atoms with Crippen molar-refractivity contribution >= 4 is 27.2 Å². The van der Waals surface area contributed by atoms with Crippen molar-refractivity contribution in [1.82, 2.24) is 4.98 Å². The lowest BCUT2D eigenvalue weighted by Gasteiger charge is -2.33. The number of rotatable bonds is 9. The van der Waals surface area contributed by atoms with Crippen molar-refractivity contribution < 1.29 is 23.0 Å². The van der Waals surface area contributed by atoms with E-state index in [4.69, 9.17) is 0 Å². The first-order valence-corrected chi connectivity index (χ1v) is 12.4. The summed E-state index contributed by atoms with van der Waals surface area (Å²) < 4.78 is 41.5. The van der Waals surface area contributed by atoms with Gasteiger partial charge in [-0.2, -0.15) is 4.98 Å². The summed E-state index contributed by atoms with van der Waals surface area (Å²) in [5.74, 6) is 0.572. The van der Waals surface area contributed by atoms with E-state index in [-0.39, 0.29) is 10.9 Å². The van der Waals surface area contributed by atoms with Crippen molar-refractivity contribution in [3.63, 3.8) is 0 Å². The highest BCUT2D eigenvalue weighted by molar-refractivity contribution is 7.20. The Morgan fingerprint density at radius 1 is 1.00 bits per heavy atom. The number of fused-ring (bicyclic) bond motifs is 1. The van der Waals surface area contributed by atoms with E-state index in [0.29, 0.717) is 0 Å². The van der Waals surface area contributed by atoms with Crippen LogP contribution in [0.1, 0.15) is 50.5 Å². The van der Waals surface area contributed by atoms with E-state index in [1.165, 1.54) is 42.7 Å². The molecule has 0 bridgehead atoms. The number of benzene rings is 2. The van der Waals surface area contributed by atoms with Crippen LogP contribution < -0.4 is 9.64 Å². The van der Waals surface area contributed by atoms with E-state index in [9.17, 15) is 18.3 Å². The molecule has 1 fully saturated rings. The molecule has 0 N–H and O–H groups in total. The molecule has 0 amide bonds. The van der Waals surface area contributed by atoms with Gasteiger partial charge in [0.2, 0.25) is 0 Å². The Morgan fingerprint density at radius 2 is 1.73 bits per heavy atom. The largest absolute Gasteiger partial charge is 0.573 e. The lowest BCUT2D eigenvalue weighted by atomic mass is 9.90.